The first-order valence-electron chi connectivity index (χ1n) is 8.27. The molecule has 0 saturated heterocycles. The zero-order valence-corrected chi connectivity index (χ0v) is 15.7. The quantitative estimate of drug-likeness (QED) is 0.605. The van der Waals surface area contributed by atoms with Crippen molar-refractivity contribution in [3.8, 4) is 5.75 Å². The molecule has 0 bridgehead atoms. The molecule has 26 heavy (non-hydrogen) atoms. The van der Waals surface area contributed by atoms with Gasteiger partial charge in [-0.1, -0.05) is 24.3 Å². The second kappa shape index (κ2) is 8.65. The predicted molar refractivity (Wildman–Crippen MR) is 105 cm³/mol. The lowest BCUT2D eigenvalue weighted by Crippen LogP contribution is -2.30. The molecule has 0 unspecified atom stereocenters. The van der Waals surface area contributed by atoms with Gasteiger partial charge in [0.25, 0.3) is 5.91 Å². The van der Waals surface area contributed by atoms with Crippen molar-refractivity contribution >= 4 is 22.9 Å². The highest BCUT2D eigenvalue weighted by atomic mass is 32.1. The summed E-state index contributed by atoms with van der Waals surface area (Å²) in [4.78, 5) is 16.1. The van der Waals surface area contributed by atoms with Crippen LogP contribution in [0.3, 0.4) is 0 Å². The lowest BCUT2D eigenvalue weighted by molar-refractivity contribution is 0.0985. The number of carbonyl (C=O) groups is 1. The van der Waals surface area contributed by atoms with Gasteiger partial charge in [0.2, 0.25) is 0 Å². The maximum absolute atomic E-state index is 13.2. The number of amides is 1. The van der Waals surface area contributed by atoms with E-state index in [1.54, 1.807) is 30.5 Å². The molecule has 0 aliphatic carbocycles. The summed E-state index contributed by atoms with van der Waals surface area (Å²) in [5, 5.41) is 2.02. The fourth-order valence-corrected chi connectivity index (χ4v) is 3.38. The first kappa shape index (κ1) is 18.2. The molecular formula is C21H21NO3S. The minimum atomic E-state index is -0.0457. The van der Waals surface area contributed by atoms with Gasteiger partial charge in [0.15, 0.2) is 0 Å². The Morgan fingerprint density at radius 1 is 1.04 bits per heavy atom. The van der Waals surface area contributed by atoms with E-state index in [0.717, 1.165) is 21.9 Å². The molecule has 0 saturated carbocycles. The molecular weight excluding hydrogens is 346 g/mol. The summed E-state index contributed by atoms with van der Waals surface area (Å²) >= 11 is 1.64. The standard InChI is InChI=1S/C21H21NO3S/c1-24-15-16-8-10-17(11-9-16)21(23)22(14-20-7-4-12-26-20)18-5-3-6-19(13-18)25-2/h3-13H,14-15H2,1-2H3. The van der Waals surface area contributed by atoms with E-state index in [1.807, 2.05) is 66.0 Å². The molecule has 1 amide bonds. The molecule has 2 aromatic carbocycles. The van der Waals surface area contributed by atoms with Crippen molar-refractivity contribution < 1.29 is 14.3 Å². The summed E-state index contributed by atoms with van der Waals surface area (Å²) in [6.07, 6.45) is 0. The average molecular weight is 367 g/mol. The van der Waals surface area contributed by atoms with Gasteiger partial charge in [-0.25, -0.2) is 0 Å². The molecule has 3 rings (SSSR count). The Hall–Kier alpha value is -2.63. The number of nitrogens with zero attached hydrogens (tertiary/aromatic N) is 1. The highest BCUT2D eigenvalue weighted by Crippen LogP contribution is 2.26. The minimum Gasteiger partial charge on any atom is -0.497 e. The fourth-order valence-electron chi connectivity index (χ4n) is 2.68. The summed E-state index contributed by atoms with van der Waals surface area (Å²) < 4.78 is 10.5. The van der Waals surface area contributed by atoms with Crippen LogP contribution in [0.4, 0.5) is 5.69 Å². The average Bonchev–Trinajstić information content (AvgIpc) is 3.20. The zero-order valence-electron chi connectivity index (χ0n) is 14.8. The Balaban J connectivity index is 1.92. The SMILES string of the molecule is COCc1ccc(C(=O)N(Cc2cccs2)c2cccc(OC)c2)cc1. The maximum Gasteiger partial charge on any atom is 0.258 e. The van der Waals surface area contributed by atoms with Crippen LogP contribution in [0.5, 0.6) is 5.75 Å². The zero-order chi connectivity index (χ0) is 18.4. The second-order valence-corrected chi connectivity index (χ2v) is 6.83. The third-order valence-corrected chi connectivity index (χ3v) is 4.88. The summed E-state index contributed by atoms with van der Waals surface area (Å²) in [5.41, 5.74) is 2.49. The molecule has 134 valence electrons. The summed E-state index contributed by atoms with van der Waals surface area (Å²) in [6.45, 7) is 1.05. The first-order chi connectivity index (χ1) is 12.7. The van der Waals surface area contributed by atoms with Gasteiger partial charge in [-0.05, 0) is 41.3 Å². The van der Waals surface area contributed by atoms with E-state index in [4.69, 9.17) is 9.47 Å². The van der Waals surface area contributed by atoms with E-state index in [-0.39, 0.29) is 5.91 Å². The van der Waals surface area contributed by atoms with Crippen LogP contribution < -0.4 is 9.64 Å². The predicted octanol–water partition coefficient (Wildman–Crippen LogP) is 4.75. The molecule has 1 aromatic heterocycles. The maximum atomic E-state index is 13.2. The third-order valence-electron chi connectivity index (χ3n) is 4.02. The summed E-state index contributed by atoms with van der Waals surface area (Å²) in [7, 11) is 3.28. The number of methoxy groups -OCH3 is 2. The topological polar surface area (TPSA) is 38.8 Å². The van der Waals surface area contributed by atoms with Crippen LogP contribution in [-0.4, -0.2) is 20.1 Å². The van der Waals surface area contributed by atoms with Gasteiger partial charge in [-0.15, -0.1) is 11.3 Å². The van der Waals surface area contributed by atoms with E-state index in [9.17, 15) is 4.79 Å². The van der Waals surface area contributed by atoms with E-state index >= 15 is 0 Å². The van der Waals surface area contributed by atoms with Gasteiger partial charge < -0.3 is 14.4 Å². The molecule has 0 aliphatic heterocycles. The van der Waals surface area contributed by atoms with Gasteiger partial charge in [-0.3, -0.25) is 4.79 Å². The molecule has 3 aromatic rings. The fraction of sp³-hybridized carbons (Fsp3) is 0.190. The van der Waals surface area contributed by atoms with Crippen LogP contribution in [0.25, 0.3) is 0 Å². The lowest BCUT2D eigenvalue weighted by atomic mass is 10.1. The highest BCUT2D eigenvalue weighted by molar-refractivity contribution is 7.09. The van der Waals surface area contributed by atoms with Gasteiger partial charge in [0.05, 0.1) is 20.3 Å². The summed E-state index contributed by atoms with van der Waals surface area (Å²) in [6, 6.07) is 19.1. The molecule has 0 N–H and O–H groups in total. The minimum absolute atomic E-state index is 0.0457. The van der Waals surface area contributed by atoms with Crippen molar-refractivity contribution in [2.24, 2.45) is 0 Å². The van der Waals surface area contributed by atoms with Crippen molar-refractivity contribution in [2.75, 3.05) is 19.1 Å². The number of anilines is 1. The Morgan fingerprint density at radius 3 is 2.50 bits per heavy atom. The van der Waals surface area contributed by atoms with Gasteiger partial charge in [0.1, 0.15) is 5.75 Å². The van der Waals surface area contributed by atoms with Crippen LogP contribution in [0.1, 0.15) is 20.8 Å². The number of ether oxygens (including phenoxy) is 2. The van der Waals surface area contributed by atoms with E-state index in [2.05, 4.69) is 0 Å². The van der Waals surface area contributed by atoms with Gasteiger partial charge >= 0.3 is 0 Å². The first-order valence-corrected chi connectivity index (χ1v) is 9.15. The Bertz CT molecular complexity index is 844. The molecule has 0 aliphatic rings. The summed E-state index contributed by atoms with van der Waals surface area (Å²) in [5.74, 6) is 0.678. The monoisotopic (exact) mass is 367 g/mol. The number of rotatable bonds is 7. The van der Waals surface area contributed by atoms with Crippen molar-refractivity contribution in [1.29, 1.82) is 0 Å². The van der Waals surface area contributed by atoms with Crippen LogP contribution in [0.2, 0.25) is 0 Å². The van der Waals surface area contributed by atoms with Crippen LogP contribution in [0, 0.1) is 0 Å². The molecule has 0 atom stereocenters. The number of carbonyl (C=O) groups excluding carboxylic acids is 1. The number of hydrogen-bond acceptors (Lipinski definition) is 4. The van der Waals surface area contributed by atoms with Gasteiger partial charge in [-0.2, -0.15) is 0 Å². The molecule has 5 heteroatoms. The van der Waals surface area contributed by atoms with Crippen LogP contribution in [-0.2, 0) is 17.9 Å². The van der Waals surface area contributed by atoms with Crippen molar-refractivity contribution in [1.82, 2.24) is 0 Å². The molecule has 4 nitrogen and oxygen atoms in total. The van der Waals surface area contributed by atoms with E-state index in [0.29, 0.717) is 18.7 Å². The molecule has 0 fully saturated rings. The number of thiophene rings is 1. The van der Waals surface area contributed by atoms with Crippen molar-refractivity contribution in [3.63, 3.8) is 0 Å². The van der Waals surface area contributed by atoms with E-state index in [1.165, 1.54) is 0 Å². The van der Waals surface area contributed by atoms with E-state index < -0.39 is 0 Å². The van der Waals surface area contributed by atoms with Crippen LogP contribution >= 0.6 is 11.3 Å². The number of hydrogen-bond donors (Lipinski definition) is 0. The lowest BCUT2D eigenvalue weighted by Gasteiger charge is -2.23. The second-order valence-electron chi connectivity index (χ2n) is 5.80. The largest absolute Gasteiger partial charge is 0.497 e. The van der Waals surface area contributed by atoms with Gasteiger partial charge in [0, 0.05) is 29.3 Å². The smallest absolute Gasteiger partial charge is 0.258 e. The van der Waals surface area contributed by atoms with Crippen molar-refractivity contribution in [2.45, 2.75) is 13.2 Å². The number of benzene rings is 2. The Labute approximate surface area is 157 Å². The van der Waals surface area contributed by atoms with Crippen molar-refractivity contribution in [3.05, 3.63) is 82.0 Å². The molecule has 1 heterocycles. The molecule has 0 spiro atoms. The Morgan fingerprint density at radius 2 is 1.85 bits per heavy atom. The Kier molecular flexibility index (Phi) is 6.04. The van der Waals surface area contributed by atoms with Crippen LogP contribution in [0.15, 0.2) is 66.0 Å². The molecule has 0 radical (unpaired) electrons. The highest BCUT2D eigenvalue weighted by Gasteiger charge is 2.19. The normalized spacial score (nSPS) is 10.5. The third kappa shape index (κ3) is 4.31.